The van der Waals surface area contributed by atoms with E-state index in [1.54, 1.807) is 0 Å². The van der Waals surface area contributed by atoms with Crippen molar-refractivity contribution in [2.45, 2.75) is 43.9 Å². The van der Waals surface area contributed by atoms with Crippen molar-refractivity contribution in [1.29, 1.82) is 0 Å². The molecule has 0 radical (unpaired) electrons. The molecule has 0 spiro atoms. The summed E-state index contributed by atoms with van der Waals surface area (Å²) in [5.74, 6) is 2.82. The standard InChI is InChI=1S/C19H24N4O/c1-3-4-11-19(20-21-19)12-10-18(24)23-14-17(15-23)22(2)13-16-8-6-5-7-9-16/h1,5-9,17H,4,10-15H2,2H3. The van der Waals surface area contributed by atoms with Gasteiger partial charge in [-0.2, -0.15) is 10.2 Å². The monoisotopic (exact) mass is 324 g/mol. The molecular formula is C19H24N4O. The van der Waals surface area contributed by atoms with Gasteiger partial charge in [0.25, 0.3) is 0 Å². The van der Waals surface area contributed by atoms with Crippen LogP contribution in [0.2, 0.25) is 0 Å². The summed E-state index contributed by atoms with van der Waals surface area (Å²) in [4.78, 5) is 16.5. The molecule has 1 saturated heterocycles. The molecule has 0 aliphatic carbocycles. The average molecular weight is 324 g/mol. The van der Waals surface area contributed by atoms with Crippen molar-refractivity contribution in [3.8, 4) is 12.3 Å². The van der Waals surface area contributed by atoms with Crippen molar-refractivity contribution in [3.63, 3.8) is 0 Å². The van der Waals surface area contributed by atoms with Crippen molar-refractivity contribution >= 4 is 5.91 Å². The number of carbonyl (C=O) groups excluding carboxylic acids is 1. The van der Waals surface area contributed by atoms with E-state index >= 15 is 0 Å². The van der Waals surface area contributed by atoms with Gasteiger partial charge in [0.1, 0.15) is 0 Å². The maximum Gasteiger partial charge on any atom is 0.222 e. The topological polar surface area (TPSA) is 48.3 Å². The third-order valence-corrected chi connectivity index (χ3v) is 4.90. The van der Waals surface area contributed by atoms with Gasteiger partial charge >= 0.3 is 0 Å². The molecule has 2 heterocycles. The fourth-order valence-electron chi connectivity index (χ4n) is 3.07. The van der Waals surface area contributed by atoms with Gasteiger partial charge in [0.2, 0.25) is 5.91 Å². The van der Waals surface area contributed by atoms with Crippen molar-refractivity contribution in [2.24, 2.45) is 10.2 Å². The Kier molecular flexibility index (Phi) is 4.96. The van der Waals surface area contributed by atoms with Gasteiger partial charge in [-0.25, -0.2) is 0 Å². The van der Waals surface area contributed by atoms with E-state index in [9.17, 15) is 4.79 Å². The Hall–Kier alpha value is -2.19. The summed E-state index contributed by atoms with van der Waals surface area (Å²) in [7, 11) is 2.12. The van der Waals surface area contributed by atoms with Crippen molar-refractivity contribution in [1.82, 2.24) is 9.80 Å². The molecule has 0 saturated carbocycles. The Morgan fingerprint density at radius 3 is 2.67 bits per heavy atom. The van der Waals surface area contributed by atoms with Gasteiger partial charge in [0.05, 0.1) is 0 Å². The highest BCUT2D eigenvalue weighted by Gasteiger charge is 2.41. The highest BCUT2D eigenvalue weighted by molar-refractivity contribution is 5.77. The molecular weight excluding hydrogens is 300 g/mol. The average Bonchev–Trinajstić information content (AvgIpc) is 3.31. The van der Waals surface area contributed by atoms with Crippen LogP contribution in [0.15, 0.2) is 40.6 Å². The van der Waals surface area contributed by atoms with Crippen molar-refractivity contribution < 1.29 is 4.79 Å². The van der Waals surface area contributed by atoms with Crippen LogP contribution in [-0.4, -0.2) is 47.5 Å². The molecule has 2 aliphatic rings. The first kappa shape index (κ1) is 16.7. The second kappa shape index (κ2) is 7.14. The zero-order valence-corrected chi connectivity index (χ0v) is 14.2. The van der Waals surface area contributed by atoms with E-state index < -0.39 is 0 Å². The van der Waals surface area contributed by atoms with Crippen LogP contribution in [0, 0.1) is 12.3 Å². The number of nitrogens with zero attached hydrogens (tertiary/aromatic N) is 4. The summed E-state index contributed by atoms with van der Waals surface area (Å²) < 4.78 is 0. The zero-order chi connectivity index (χ0) is 17.0. The molecule has 5 heteroatoms. The molecule has 0 unspecified atom stereocenters. The van der Waals surface area contributed by atoms with Crippen LogP contribution >= 0.6 is 0 Å². The van der Waals surface area contributed by atoms with Crippen molar-refractivity contribution in [2.75, 3.05) is 20.1 Å². The van der Waals surface area contributed by atoms with Gasteiger partial charge in [0, 0.05) is 51.4 Å². The molecule has 126 valence electrons. The fourth-order valence-corrected chi connectivity index (χ4v) is 3.07. The third kappa shape index (κ3) is 4.01. The number of hydrogen-bond donors (Lipinski definition) is 0. The van der Waals surface area contributed by atoms with Gasteiger partial charge < -0.3 is 4.90 Å². The highest BCUT2D eigenvalue weighted by Crippen LogP contribution is 2.37. The van der Waals surface area contributed by atoms with Crippen LogP contribution in [0.3, 0.4) is 0 Å². The van der Waals surface area contributed by atoms with E-state index in [0.717, 1.165) is 26.1 Å². The van der Waals surface area contributed by atoms with Crippen molar-refractivity contribution in [3.05, 3.63) is 35.9 Å². The van der Waals surface area contributed by atoms with Gasteiger partial charge in [-0.05, 0) is 12.6 Å². The normalized spacial score (nSPS) is 18.3. The van der Waals surface area contributed by atoms with Gasteiger partial charge in [-0.1, -0.05) is 30.3 Å². The predicted octanol–water partition coefficient (Wildman–Crippen LogP) is 2.68. The molecule has 1 fully saturated rings. The van der Waals surface area contributed by atoms with Crippen LogP contribution < -0.4 is 0 Å². The molecule has 24 heavy (non-hydrogen) atoms. The smallest absolute Gasteiger partial charge is 0.222 e. The summed E-state index contributed by atoms with van der Waals surface area (Å²) in [5.41, 5.74) is 0.952. The van der Waals surface area contributed by atoms with E-state index in [0.29, 0.717) is 25.3 Å². The summed E-state index contributed by atoms with van der Waals surface area (Å²) >= 11 is 0. The number of benzene rings is 1. The zero-order valence-electron chi connectivity index (χ0n) is 14.2. The van der Waals surface area contributed by atoms with E-state index in [-0.39, 0.29) is 11.6 Å². The summed E-state index contributed by atoms with van der Waals surface area (Å²) in [6, 6.07) is 10.9. The minimum Gasteiger partial charge on any atom is -0.339 e. The molecule has 0 N–H and O–H groups in total. The molecule has 2 aliphatic heterocycles. The minimum atomic E-state index is -0.351. The Balaban J connectivity index is 1.37. The number of likely N-dealkylation sites (N-methyl/N-ethyl adjacent to an activating group) is 1. The molecule has 3 rings (SSSR count). The number of terminal acetylenes is 1. The number of amides is 1. The quantitative estimate of drug-likeness (QED) is 0.690. The molecule has 1 amide bonds. The summed E-state index contributed by atoms with van der Waals surface area (Å²) in [5, 5.41) is 8.17. The maximum atomic E-state index is 12.3. The first-order chi connectivity index (χ1) is 11.6. The van der Waals surface area contributed by atoms with Gasteiger partial charge in [0.15, 0.2) is 5.66 Å². The lowest BCUT2D eigenvalue weighted by molar-refractivity contribution is -0.138. The second-order valence-electron chi connectivity index (χ2n) is 6.74. The largest absolute Gasteiger partial charge is 0.339 e. The van der Waals surface area contributed by atoms with Gasteiger partial charge in [-0.3, -0.25) is 9.69 Å². The molecule has 0 aromatic heterocycles. The number of rotatable bonds is 8. The van der Waals surface area contributed by atoms with E-state index in [1.807, 2.05) is 11.0 Å². The molecule has 5 nitrogen and oxygen atoms in total. The molecule has 1 aromatic rings. The first-order valence-electron chi connectivity index (χ1n) is 8.51. The molecule has 0 bridgehead atoms. The van der Waals surface area contributed by atoms with Crippen LogP contribution in [0.4, 0.5) is 0 Å². The lowest BCUT2D eigenvalue weighted by atomic mass is 10.00. The summed E-state index contributed by atoms with van der Waals surface area (Å²) in [6.45, 7) is 2.54. The van der Waals surface area contributed by atoms with E-state index in [2.05, 4.69) is 52.4 Å². The van der Waals surface area contributed by atoms with Crippen LogP contribution in [0.25, 0.3) is 0 Å². The van der Waals surface area contributed by atoms with Crippen LogP contribution in [0.1, 0.15) is 31.2 Å². The highest BCUT2D eigenvalue weighted by atomic mass is 16.2. The van der Waals surface area contributed by atoms with E-state index in [4.69, 9.17) is 6.42 Å². The maximum absolute atomic E-state index is 12.3. The summed E-state index contributed by atoms with van der Waals surface area (Å²) in [6.07, 6.45) is 7.91. The third-order valence-electron chi connectivity index (χ3n) is 4.90. The SMILES string of the molecule is C#CCCC1(CCC(=O)N2CC(N(C)Cc3ccccc3)C2)N=N1. The minimum absolute atomic E-state index is 0.205. The Morgan fingerprint density at radius 2 is 2.04 bits per heavy atom. The number of hydrogen-bond acceptors (Lipinski definition) is 4. The second-order valence-corrected chi connectivity index (χ2v) is 6.74. The predicted molar refractivity (Wildman–Crippen MR) is 93.2 cm³/mol. The fraction of sp³-hybridized carbons (Fsp3) is 0.526. The number of carbonyl (C=O) groups is 1. The first-order valence-corrected chi connectivity index (χ1v) is 8.51. The molecule has 1 aromatic carbocycles. The Labute approximate surface area is 143 Å². The lowest BCUT2D eigenvalue weighted by Gasteiger charge is -2.44. The van der Waals surface area contributed by atoms with Crippen LogP contribution in [-0.2, 0) is 11.3 Å². The van der Waals surface area contributed by atoms with Gasteiger partial charge in [-0.15, -0.1) is 12.3 Å². The Bertz CT molecular complexity index is 637. The van der Waals surface area contributed by atoms with E-state index in [1.165, 1.54) is 5.56 Å². The lowest BCUT2D eigenvalue weighted by Crippen LogP contribution is -2.59. The Morgan fingerprint density at radius 1 is 1.33 bits per heavy atom. The van der Waals surface area contributed by atoms with Crippen LogP contribution in [0.5, 0.6) is 0 Å². The molecule has 0 atom stereocenters. The number of likely N-dealkylation sites (tertiary alicyclic amines) is 1.